The van der Waals surface area contributed by atoms with Gasteiger partial charge in [0, 0.05) is 30.1 Å². The van der Waals surface area contributed by atoms with Crippen molar-refractivity contribution in [2.24, 2.45) is 0 Å². The molecule has 0 fully saturated rings. The number of fused-ring (bicyclic) bond motifs is 2. The van der Waals surface area contributed by atoms with E-state index in [9.17, 15) is 13.2 Å². The van der Waals surface area contributed by atoms with Gasteiger partial charge in [-0.3, -0.25) is 9.69 Å². The summed E-state index contributed by atoms with van der Waals surface area (Å²) in [5.41, 5.74) is 4.30. The number of para-hydroxylation sites is 1. The van der Waals surface area contributed by atoms with Crippen LogP contribution in [0.2, 0.25) is 0 Å². The van der Waals surface area contributed by atoms with Gasteiger partial charge in [0.1, 0.15) is 15.8 Å². The van der Waals surface area contributed by atoms with E-state index < -0.39 is 21.5 Å². The number of thiophene rings is 1. The fourth-order valence-corrected chi connectivity index (χ4v) is 8.35. The van der Waals surface area contributed by atoms with Crippen LogP contribution in [0.4, 0.5) is 5.00 Å². The molecule has 6 nitrogen and oxygen atoms in total. The van der Waals surface area contributed by atoms with E-state index in [-0.39, 0.29) is 4.90 Å². The van der Waals surface area contributed by atoms with Crippen molar-refractivity contribution in [2.45, 2.75) is 24.4 Å². The van der Waals surface area contributed by atoms with E-state index in [1.54, 1.807) is 29.5 Å². The first kappa shape index (κ1) is 24.9. The molecule has 0 unspecified atom stereocenters. The van der Waals surface area contributed by atoms with Gasteiger partial charge in [-0.1, -0.05) is 60.7 Å². The number of nitrogens with one attached hydrogen (secondary N) is 1. The Morgan fingerprint density at radius 2 is 1.63 bits per heavy atom. The summed E-state index contributed by atoms with van der Waals surface area (Å²) in [7, 11) is -3.75. The van der Waals surface area contributed by atoms with Gasteiger partial charge in [-0.15, -0.1) is 22.7 Å². The summed E-state index contributed by atoms with van der Waals surface area (Å²) in [6.07, 6.45) is 0.835. The van der Waals surface area contributed by atoms with Gasteiger partial charge in [-0.05, 0) is 41.8 Å². The molecule has 192 valence electrons. The fraction of sp³-hybridized carbons (Fsp3) is 0.172. The molecule has 3 heterocycles. The minimum atomic E-state index is -3.75. The second-order valence-corrected chi connectivity index (χ2v) is 13.4. The molecule has 0 spiro atoms. The van der Waals surface area contributed by atoms with Crippen LogP contribution >= 0.6 is 22.7 Å². The number of amides is 1. The maximum atomic E-state index is 13.1. The number of anilines is 1. The lowest BCUT2D eigenvalue weighted by Gasteiger charge is -2.27. The highest BCUT2D eigenvalue weighted by Gasteiger charge is 2.29. The standard InChI is InChI=1S/C29H25N3O3S3/c33-26(19-38(34,35)21-11-5-2-6-12-21)31-29-27(28-30-23-13-7-8-14-24(23)36-28)22-15-16-32(18-25(22)37-29)17-20-9-3-1-4-10-20/h1-14H,15-19H2,(H,31,33). The smallest absolute Gasteiger partial charge is 0.240 e. The predicted octanol–water partition coefficient (Wildman–Crippen LogP) is 6.00. The van der Waals surface area contributed by atoms with Crippen LogP contribution in [-0.2, 0) is 34.1 Å². The summed E-state index contributed by atoms with van der Waals surface area (Å²) in [6, 6.07) is 26.5. The zero-order valence-corrected chi connectivity index (χ0v) is 22.9. The summed E-state index contributed by atoms with van der Waals surface area (Å²) in [6.45, 7) is 2.52. The molecule has 0 saturated heterocycles. The van der Waals surface area contributed by atoms with E-state index in [1.807, 2.05) is 30.3 Å². The number of sulfone groups is 1. The number of carbonyl (C=O) groups excluding carboxylic acids is 1. The van der Waals surface area contributed by atoms with E-state index in [2.05, 4.69) is 34.5 Å². The average molecular weight is 560 g/mol. The molecular formula is C29H25N3O3S3. The number of nitrogens with zero attached hydrogens (tertiary/aromatic N) is 2. The summed E-state index contributed by atoms with van der Waals surface area (Å²) >= 11 is 3.12. The van der Waals surface area contributed by atoms with Crippen LogP contribution < -0.4 is 5.32 Å². The number of rotatable bonds is 7. The molecule has 0 saturated carbocycles. The lowest BCUT2D eigenvalue weighted by Crippen LogP contribution is -2.29. The Hall–Kier alpha value is -3.37. The molecule has 1 aliphatic rings. The molecule has 0 aliphatic carbocycles. The van der Waals surface area contributed by atoms with Gasteiger partial charge in [-0.25, -0.2) is 13.4 Å². The molecule has 5 aromatic rings. The van der Waals surface area contributed by atoms with Gasteiger partial charge in [-0.2, -0.15) is 0 Å². The maximum Gasteiger partial charge on any atom is 0.240 e. The highest BCUT2D eigenvalue weighted by atomic mass is 32.2. The minimum Gasteiger partial charge on any atom is -0.316 e. The number of aromatic nitrogens is 1. The molecule has 3 aromatic carbocycles. The topological polar surface area (TPSA) is 79.4 Å². The largest absolute Gasteiger partial charge is 0.316 e. The maximum absolute atomic E-state index is 13.1. The van der Waals surface area contributed by atoms with Crippen molar-refractivity contribution in [1.82, 2.24) is 9.88 Å². The van der Waals surface area contributed by atoms with Crippen LogP contribution in [0.15, 0.2) is 89.8 Å². The Kier molecular flexibility index (Phi) is 6.84. The Morgan fingerprint density at radius 1 is 0.921 bits per heavy atom. The molecular weight excluding hydrogens is 535 g/mol. The van der Waals surface area contributed by atoms with Crippen molar-refractivity contribution in [3.8, 4) is 10.6 Å². The van der Waals surface area contributed by atoms with E-state index in [4.69, 9.17) is 4.98 Å². The lowest BCUT2D eigenvalue weighted by atomic mass is 10.0. The summed E-state index contributed by atoms with van der Waals surface area (Å²) in [4.78, 5) is 21.7. The summed E-state index contributed by atoms with van der Waals surface area (Å²) in [5, 5.41) is 4.47. The number of benzene rings is 3. The van der Waals surface area contributed by atoms with Crippen LogP contribution in [0.5, 0.6) is 0 Å². The molecule has 1 aliphatic heterocycles. The molecule has 1 N–H and O–H groups in total. The van der Waals surface area contributed by atoms with Crippen LogP contribution in [0.3, 0.4) is 0 Å². The van der Waals surface area contributed by atoms with Gasteiger partial charge in [0.2, 0.25) is 5.91 Å². The van der Waals surface area contributed by atoms with Gasteiger partial charge in [0.25, 0.3) is 0 Å². The lowest BCUT2D eigenvalue weighted by molar-refractivity contribution is -0.113. The molecule has 6 rings (SSSR count). The number of thiazole rings is 1. The fourth-order valence-electron chi connectivity index (χ4n) is 4.77. The van der Waals surface area contributed by atoms with Crippen molar-refractivity contribution in [1.29, 1.82) is 0 Å². The van der Waals surface area contributed by atoms with Crippen LogP contribution in [0.1, 0.15) is 16.0 Å². The van der Waals surface area contributed by atoms with Crippen LogP contribution in [0.25, 0.3) is 20.8 Å². The highest BCUT2D eigenvalue weighted by molar-refractivity contribution is 7.92. The summed E-state index contributed by atoms with van der Waals surface area (Å²) < 4.78 is 26.8. The third kappa shape index (κ3) is 5.15. The third-order valence-electron chi connectivity index (χ3n) is 6.57. The number of hydrogen-bond acceptors (Lipinski definition) is 7. The first-order chi connectivity index (χ1) is 18.5. The van der Waals surface area contributed by atoms with E-state index in [0.717, 1.165) is 46.8 Å². The average Bonchev–Trinajstić information content (AvgIpc) is 3.49. The van der Waals surface area contributed by atoms with Gasteiger partial charge in [0.05, 0.1) is 15.1 Å². The Morgan fingerprint density at radius 3 is 2.39 bits per heavy atom. The molecule has 0 bridgehead atoms. The highest BCUT2D eigenvalue weighted by Crippen LogP contribution is 2.45. The molecule has 0 radical (unpaired) electrons. The van der Waals surface area contributed by atoms with Crippen molar-refractivity contribution >= 4 is 53.6 Å². The zero-order valence-electron chi connectivity index (χ0n) is 20.5. The Balaban J connectivity index is 1.32. The monoisotopic (exact) mass is 559 g/mol. The Labute approximate surface area is 229 Å². The molecule has 38 heavy (non-hydrogen) atoms. The number of hydrogen-bond donors (Lipinski definition) is 1. The molecule has 9 heteroatoms. The van der Waals surface area contributed by atoms with Crippen molar-refractivity contribution < 1.29 is 13.2 Å². The van der Waals surface area contributed by atoms with Gasteiger partial charge >= 0.3 is 0 Å². The van der Waals surface area contributed by atoms with E-state index in [1.165, 1.54) is 39.5 Å². The predicted molar refractivity (Wildman–Crippen MR) is 154 cm³/mol. The molecule has 2 aromatic heterocycles. The SMILES string of the molecule is O=C(CS(=O)(=O)c1ccccc1)Nc1sc2c(c1-c1nc3ccccc3s1)CCN(Cc1ccccc1)C2. The first-order valence-electron chi connectivity index (χ1n) is 12.3. The van der Waals surface area contributed by atoms with Gasteiger partial charge < -0.3 is 5.32 Å². The third-order valence-corrected chi connectivity index (χ3v) is 10.4. The van der Waals surface area contributed by atoms with Crippen molar-refractivity contribution in [2.75, 3.05) is 17.6 Å². The van der Waals surface area contributed by atoms with E-state index in [0.29, 0.717) is 5.00 Å². The quantitative estimate of drug-likeness (QED) is 0.265. The number of carbonyl (C=O) groups is 1. The summed E-state index contributed by atoms with van der Waals surface area (Å²) in [5.74, 6) is -1.16. The first-order valence-corrected chi connectivity index (χ1v) is 15.6. The van der Waals surface area contributed by atoms with Crippen molar-refractivity contribution in [3.63, 3.8) is 0 Å². The second-order valence-electron chi connectivity index (χ2n) is 9.26. The van der Waals surface area contributed by atoms with E-state index >= 15 is 0 Å². The van der Waals surface area contributed by atoms with Gasteiger partial charge in [0.15, 0.2) is 9.84 Å². The minimum absolute atomic E-state index is 0.142. The van der Waals surface area contributed by atoms with Crippen molar-refractivity contribution in [3.05, 3.63) is 101 Å². The Bertz CT molecular complexity index is 1680. The zero-order chi connectivity index (χ0) is 26.1. The van der Waals surface area contributed by atoms with Crippen LogP contribution in [0, 0.1) is 0 Å². The second kappa shape index (κ2) is 10.4. The normalized spacial score (nSPS) is 13.9. The van der Waals surface area contributed by atoms with Crippen LogP contribution in [-0.4, -0.2) is 36.5 Å². The molecule has 0 atom stereocenters. The molecule has 1 amide bonds.